The summed E-state index contributed by atoms with van der Waals surface area (Å²) < 4.78 is 4.40. The van der Waals surface area contributed by atoms with Crippen molar-refractivity contribution >= 4 is 11.9 Å². The zero-order chi connectivity index (χ0) is 12.1. The number of hydrogen-bond acceptors (Lipinski definition) is 4. The van der Waals surface area contributed by atoms with E-state index in [9.17, 15) is 14.7 Å². The Labute approximate surface area is 89.2 Å². The maximum atomic E-state index is 10.8. The fraction of sp³-hybridized carbons (Fsp3) is 0.455. The van der Waals surface area contributed by atoms with Crippen molar-refractivity contribution in [2.75, 3.05) is 7.11 Å². The highest BCUT2D eigenvalue weighted by Crippen LogP contribution is 2.25. The van der Waals surface area contributed by atoms with Gasteiger partial charge in [-0.1, -0.05) is 26.8 Å². The summed E-state index contributed by atoms with van der Waals surface area (Å²) in [6.07, 6.45) is 3.57. The third-order valence-electron chi connectivity index (χ3n) is 1.74. The van der Waals surface area contributed by atoms with E-state index in [-0.39, 0.29) is 5.41 Å². The SMILES string of the molecule is COC(=O)C=CC(=CC(=O)[O-])C(C)(C)C. The maximum Gasteiger partial charge on any atom is 0.330 e. The van der Waals surface area contributed by atoms with E-state index >= 15 is 0 Å². The van der Waals surface area contributed by atoms with E-state index in [0.29, 0.717) is 5.57 Å². The van der Waals surface area contributed by atoms with E-state index in [1.54, 1.807) is 0 Å². The van der Waals surface area contributed by atoms with Crippen LogP contribution in [0.15, 0.2) is 23.8 Å². The summed E-state index contributed by atoms with van der Waals surface area (Å²) in [6, 6.07) is 0. The second kappa shape index (κ2) is 5.34. The van der Waals surface area contributed by atoms with E-state index in [1.165, 1.54) is 19.3 Å². The molecule has 0 atom stereocenters. The summed E-state index contributed by atoms with van der Waals surface area (Å²) in [7, 11) is 1.26. The van der Waals surface area contributed by atoms with Crippen molar-refractivity contribution in [1.29, 1.82) is 0 Å². The molecule has 0 fully saturated rings. The third-order valence-corrected chi connectivity index (χ3v) is 1.74. The van der Waals surface area contributed by atoms with Gasteiger partial charge in [-0.2, -0.15) is 0 Å². The van der Waals surface area contributed by atoms with E-state index in [2.05, 4.69) is 4.74 Å². The second-order valence-corrected chi connectivity index (χ2v) is 4.03. The van der Waals surface area contributed by atoms with Crippen molar-refractivity contribution in [3.8, 4) is 0 Å². The molecule has 0 saturated carbocycles. The number of carbonyl (C=O) groups is 2. The normalized spacial score (nSPS) is 12.9. The number of carboxylic acid groups (broad SMARTS) is 1. The number of rotatable bonds is 3. The van der Waals surface area contributed by atoms with Gasteiger partial charge in [-0.3, -0.25) is 0 Å². The van der Waals surface area contributed by atoms with Crippen molar-refractivity contribution in [2.24, 2.45) is 5.41 Å². The molecule has 0 aliphatic heterocycles. The molecule has 0 aromatic heterocycles. The highest BCUT2D eigenvalue weighted by molar-refractivity contribution is 5.84. The lowest BCUT2D eigenvalue weighted by atomic mass is 9.86. The van der Waals surface area contributed by atoms with E-state index in [1.807, 2.05) is 20.8 Å². The van der Waals surface area contributed by atoms with Crippen LogP contribution < -0.4 is 5.11 Å². The minimum Gasteiger partial charge on any atom is -0.545 e. The molecular formula is C11H15O4-. The highest BCUT2D eigenvalue weighted by Gasteiger charge is 2.14. The molecule has 0 saturated heterocycles. The van der Waals surface area contributed by atoms with Crippen molar-refractivity contribution in [3.63, 3.8) is 0 Å². The number of carboxylic acids is 1. The number of carbonyl (C=O) groups excluding carboxylic acids is 2. The number of allylic oxidation sites excluding steroid dienone is 2. The number of esters is 1. The molecule has 0 aromatic rings. The van der Waals surface area contributed by atoms with Gasteiger partial charge in [-0.25, -0.2) is 4.79 Å². The Morgan fingerprint density at radius 1 is 1.20 bits per heavy atom. The van der Waals surface area contributed by atoms with Crippen LogP contribution in [0.1, 0.15) is 20.8 Å². The lowest BCUT2D eigenvalue weighted by molar-refractivity contribution is -0.297. The Bertz CT molecular complexity index is 305. The summed E-state index contributed by atoms with van der Waals surface area (Å²) in [5.41, 5.74) is 0.123. The fourth-order valence-corrected chi connectivity index (χ4v) is 0.867. The smallest absolute Gasteiger partial charge is 0.330 e. The molecule has 4 heteroatoms. The van der Waals surface area contributed by atoms with Crippen LogP contribution in [0.2, 0.25) is 0 Å². The van der Waals surface area contributed by atoms with Gasteiger partial charge in [0.2, 0.25) is 0 Å². The van der Waals surface area contributed by atoms with Gasteiger partial charge in [-0.05, 0) is 17.1 Å². The van der Waals surface area contributed by atoms with Crippen LogP contribution in [-0.2, 0) is 14.3 Å². The van der Waals surface area contributed by atoms with Crippen LogP contribution >= 0.6 is 0 Å². The zero-order valence-electron chi connectivity index (χ0n) is 9.37. The standard InChI is InChI=1S/C11H16O4/c1-11(2,3)8(7-9(12)13)5-6-10(14)15-4/h5-7H,1-4H3,(H,12,13)/p-1. The minimum absolute atomic E-state index is 0.370. The number of hydrogen-bond donors (Lipinski definition) is 0. The number of ether oxygens (including phenoxy) is 1. The van der Waals surface area contributed by atoms with Gasteiger partial charge in [0.05, 0.1) is 13.1 Å². The summed E-state index contributed by atoms with van der Waals surface area (Å²) in [5, 5.41) is 10.4. The quantitative estimate of drug-likeness (QED) is 0.386. The molecule has 0 bridgehead atoms. The minimum atomic E-state index is -1.28. The van der Waals surface area contributed by atoms with Gasteiger partial charge >= 0.3 is 5.97 Å². The van der Waals surface area contributed by atoms with Crippen LogP contribution in [0, 0.1) is 5.41 Å². The van der Waals surface area contributed by atoms with E-state index in [0.717, 1.165) is 6.08 Å². The largest absolute Gasteiger partial charge is 0.545 e. The number of methoxy groups -OCH3 is 1. The predicted octanol–water partition coefficient (Wildman–Crippen LogP) is 0.438. The summed E-state index contributed by atoms with van der Waals surface area (Å²) in [5.74, 6) is -1.81. The van der Waals surface area contributed by atoms with Gasteiger partial charge in [0, 0.05) is 6.08 Å². The van der Waals surface area contributed by atoms with Gasteiger partial charge in [0.15, 0.2) is 0 Å². The first kappa shape index (κ1) is 13.4. The van der Waals surface area contributed by atoms with Gasteiger partial charge in [-0.15, -0.1) is 0 Å². The lowest BCUT2D eigenvalue weighted by Gasteiger charge is -2.20. The molecule has 0 radical (unpaired) electrons. The summed E-state index contributed by atoms with van der Waals surface area (Å²) in [6.45, 7) is 5.51. The lowest BCUT2D eigenvalue weighted by Crippen LogP contribution is -2.21. The van der Waals surface area contributed by atoms with Crippen LogP contribution in [0.25, 0.3) is 0 Å². The monoisotopic (exact) mass is 211 g/mol. The molecule has 0 unspecified atom stereocenters. The van der Waals surface area contributed by atoms with Crippen molar-refractivity contribution < 1.29 is 19.4 Å². The molecule has 0 aliphatic rings. The molecule has 15 heavy (non-hydrogen) atoms. The van der Waals surface area contributed by atoms with Gasteiger partial charge in [0.25, 0.3) is 0 Å². The highest BCUT2D eigenvalue weighted by atomic mass is 16.5. The van der Waals surface area contributed by atoms with Crippen LogP contribution in [0.3, 0.4) is 0 Å². The molecule has 0 heterocycles. The van der Waals surface area contributed by atoms with Crippen LogP contribution in [0.4, 0.5) is 0 Å². The van der Waals surface area contributed by atoms with Crippen molar-refractivity contribution in [1.82, 2.24) is 0 Å². The van der Waals surface area contributed by atoms with E-state index in [4.69, 9.17) is 0 Å². The van der Waals surface area contributed by atoms with Crippen LogP contribution in [0.5, 0.6) is 0 Å². The molecule has 0 aliphatic carbocycles. The first-order valence-electron chi connectivity index (χ1n) is 4.46. The average Bonchev–Trinajstić information content (AvgIpc) is 2.09. The topological polar surface area (TPSA) is 66.4 Å². The van der Waals surface area contributed by atoms with Gasteiger partial charge in [0.1, 0.15) is 0 Å². The molecule has 0 spiro atoms. The summed E-state index contributed by atoms with van der Waals surface area (Å²) >= 11 is 0. The molecule has 0 amide bonds. The Morgan fingerprint density at radius 2 is 1.73 bits per heavy atom. The first-order chi connectivity index (χ1) is 6.77. The molecular weight excluding hydrogens is 196 g/mol. The predicted molar refractivity (Wildman–Crippen MR) is 53.7 cm³/mol. The van der Waals surface area contributed by atoms with E-state index < -0.39 is 11.9 Å². The third kappa shape index (κ3) is 5.67. The number of aliphatic carboxylic acids is 1. The molecule has 0 rings (SSSR count). The Kier molecular flexibility index (Phi) is 4.78. The Morgan fingerprint density at radius 3 is 2.07 bits per heavy atom. The average molecular weight is 211 g/mol. The fourth-order valence-electron chi connectivity index (χ4n) is 0.867. The summed E-state index contributed by atoms with van der Waals surface area (Å²) in [4.78, 5) is 21.3. The first-order valence-corrected chi connectivity index (χ1v) is 4.46. The zero-order valence-corrected chi connectivity index (χ0v) is 9.37. The molecule has 0 N–H and O–H groups in total. The van der Waals surface area contributed by atoms with Crippen molar-refractivity contribution in [2.45, 2.75) is 20.8 Å². The van der Waals surface area contributed by atoms with Crippen molar-refractivity contribution in [3.05, 3.63) is 23.8 Å². The maximum absolute atomic E-state index is 10.8. The Hall–Kier alpha value is -1.58. The Balaban J connectivity index is 4.92. The van der Waals surface area contributed by atoms with Crippen LogP contribution in [-0.4, -0.2) is 19.0 Å². The molecule has 0 aromatic carbocycles. The molecule has 84 valence electrons. The second-order valence-electron chi connectivity index (χ2n) is 4.03. The van der Waals surface area contributed by atoms with Gasteiger partial charge < -0.3 is 14.6 Å². The molecule has 4 nitrogen and oxygen atoms in total.